The predicted molar refractivity (Wildman–Crippen MR) is 111 cm³/mol. The predicted octanol–water partition coefficient (Wildman–Crippen LogP) is 5.25. The SMILES string of the molecule is c1ccc(CN(CCOc2c[nH]c3ccccc23)Cc2ccccc2)cc1. The Morgan fingerprint density at radius 3 is 1.96 bits per heavy atom. The third-order valence-electron chi connectivity index (χ3n) is 4.71. The van der Waals surface area contributed by atoms with Crippen molar-refractivity contribution in [3.63, 3.8) is 0 Å². The summed E-state index contributed by atoms with van der Waals surface area (Å²) < 4.78 is 6.09. The normalized spacial score (nSPS) is 11.1. The first-order chi connectivity index (χ1) is 13.4. The van der Waals surface area contributed by atoms with Crippen LogP contribution in [0.2, 0.25) is 0 Å². The zero-order valence-electron chi connectivity index (χ0n) is 15.3. The molecule has 0 saturated carbocycles. The van der Waals surface area contributed by atoms with Gasteiger partial charge in [0.05, 0.1) is 0 Å². The van der Waals surface area contributed by atoms with Crippen LogP contribution in [0.1, 0.15) is 11.1 Å². The third kappa shape index (κ3) is 4.57. The van der Waals surface area contributed by atoms with E-state index in [1.807, 2.05) is 18.3 Å². The highest BCUT2D eigenvalue weighted by Crippen LogP contribution is 2.24. The lowest BCUT2D eigenvalue weighted by atomic mass is 10.1. The number of nitrogens with one attached hydrogen (secondary N) is 1. The first-order valence-electron chi connectivity index (χ1n) is 9.37. The molecule has 0 unspecified atom stereocenters. The van der Waals surface area contributed by atoms with Gasteiger partial charge in [0.1, 0.15) is 12.4 Å². The molecule has 3 nitrogen and oxygen atoms in total. The number of para-hydroxylation sites is 1. The molecular weight excluding hydrogens is 332 g/mol. The van der Waals surface area contributed by atoms with Crippen LogP contribution in [-0.4, -0.2) is 23.0 Å². The number of hydrogen-bond acceptors (Lipinski definition) is 2. The molecule has 0 spiro atoms. The molecule has 4 rings (SSSR count). The van der Waals surface area contributed by atoms with Gasteiger partial charge in [-0.05, 0) is 23.3 Å². The number of aromatic nitrogens is 1. The molecule has 0 aliphatic heterocycles. The van der Waals surface area contributed by atoms with Crippen LogP contribution in [0.3, 0.4) is 0 Å². The summed E-state index contributed by atoms with van der Waals surface area (Å²) >= 11 is 0. The Morgan fingerprint density at radius 1 is 0.704 bits per heavy atom. The van der Waals surface area contributed by atoms with Gasteiger partial charge >= 0.3 is 0 Å². The van der Waals surface area contributed by atoms with E-state index < -0.39 is 0 Å². The number of hydrogen-bond donors (Lipinski definition) is 1. The van der Waals surface area contributed by atoms with E-state index in [9.17, 15) is 0 Å². The minimum atomic E-state index is 0.654. The van der Waals surface area contributed by atoms with Gasteiger partial charge in [-0.1, -0.05) is 72.8 Å². The van der Waals surface area contributed by atoms with Gasteiger partial charge in [0.15, 0.2) is 0 Å². The third-order valence-corrected chi connectivity index (χ3v) is 4.71. The van der Waals surface area contributed by atoms with E-state index in [2.05, 4.69) is 82.7 Å². The lowest BCUT2D eigenvalue weighted by molar-refractivity contribution is 0.197. The van der Waals surface area contributed by atoms with Crippen LogP contribution in [0.4, 0.5) is 0 Å². The van der Waals surface area contributed by atoms with Crippen molar-refractivity contribution in [3.8, 4) is 5.75 Å². The molecule has 3 heteroatoms. The van der Waals surface area contributed by atoms with Crippen molar-refractivity contribution in [2.45, 2.75) is 13.1 Å². The highest BCUT2D eigenvalue weighted by molar-refractivity contribution is 5.85. The van der Waals surface area contributed by atoms with Crippen LogP contribution >= 0.6 is 0 Å². The average molecular weight is 356 g/mol. The summed E-state index contributed by atoms with van der Waals surface area (Å²) in [6, 6.07) is 29.5. The number of rotatable bonds is 8. The van der Waals surface area contributed by atoms with Gasteiger partial charge in [-0.15, -0.1) is 0 Å². The molecule has 3 aromatic carbocycles. The number of H-pyrrole nitrogens is 1. The fourth-order valence-electron chi connectivity index (χ4n) is 3.35. The largest absolute Gasteiger partial charge is 0.490 e. The molecule has 0 fully saturated rings. The average Bonchev–Trinajstić information content (AvgIpc) is 3.13. The summed E-state index contributed by atoms with van der Waals surface area (Å²) in [6.45, 7) is 3.34. The maximum atomic E-state index is 6.09. The van der Waals surface area contributed by atoms with Gasteiger partial charge in [-0.3, -0.25) is 4.90 Å². The summed E-state index contributed by atoms with van der Waals surface area (Å²) in [5, 5.41) is 1.13. The monoisotopic (exact) mass is 356 g/mol. The molecule has 1 heterocycles. The first-order valence-corrected chi connectivity index (χ1v) is 9.37. The summed E-state index contributed by atoms with van der Waals surface area (Å²) in [4.78, 5) is 5.70. The molecule has 1 N–H and O–H groups in total. The number of aromatic amines is 1. The fraction of sp³-hybridized carbons (Fsp3) is 0.167. The Kier molecular flexibility index (Phi) is 5.51. The van der Waals surface area contributed by atoms with E-state index in [1.165, 1.54) is 11.1 Å². The van der Waals surface area contributed by atoms with Gasteiger partial charge in [-0.2, -0.15) is 0 Å². The molecule has 1 aromatic heterocycles. The second-order valence-corrected chi connectivity index (χ2v) is 6.73. The minimum absolute atomic E-state index is 0.654. The lowest BCUT2D eigenvalue weighted by Crippen LogP contribution is -2.27. The fourth-order valence-corrected chi connectivity index (χ4v) is 3.35. The van der Waals surface area contributed by atoms with E-state index in [4.69, 9.17) is 4.74 Å². The zero-order valence-corrected chi connectivity index (χ0v) is 15.3. The topological polar surface area (TPSA) is 28.3 Å². The van der Waals surface area contributed by atoms with E-state index >= 15 is 0 Å². The molecule has 0 radical (unpaired) electrons. The Hall–Kier alpha value is -3.04. The van der Waals surface area contributed by atoms with E-state index in [0.717, 1.165) is 36.3 Å². The quantitative estimate of drug-likeness (QED) is 0.467. The van der Waals surface area contributed by atoms with Gasteiger partial charge in [0.2, 0.25) is 0 Å². The van der Waals surface area contributed by atoms with Crippen molar-refractivity contribution in [2.24, 2.45) is 0 Å². The van der Waals surface area contributed by atoms with Crippen LogP contribution in [0, 0.1) is 0 Å². The van der Waals surface area contributed by atoms with Gasteiger partial charge in [0, 0.05) is 36.7 Å². The van der Waals surface area contributed by atoms with Gasteiger partial charge in [-0.25, -0.2) is 0 Å². The van der Waals surface area contributed by atoms with Crippen molar-refractivity contribution in [3.05, 3.63) is 102 Å². The molecular formula is C24H24N2O. The smallest absolute Gasteiger partial charge is 0.144 e. The second kappa shape index (κ2) is 8.56. The molecule has 27 heavy (non-hydrogen) atoms. The highest BCUT2D eigenvalue weighted by atomic mass is 16.5. The summed E-state index contributed by atoms with van der Waals surface area (Å²) in [7, 11) is 0. The minimum Gasteiger partial charge on any atom is -0.490 e. The highest BCUT2D eigenvalue weighted by Gasteiger charge is 2.09. The molecule has 4 aromatic rings. The van der Waals surface area contributed by atoms with Crippen molar-refractivity contribution >= 4 is 10.9 Å². The molecule has 0 bridgehead atoms. The Balaban J connectivity index is 1.42. The number of benzene rings is 3. The van der Waals surface area contributed by atoms with Gasteiger partial charge < -0.3 is 9.72 Å². The Morgan fingerprint density at radius 2 is 1.30 bits per heavy atom. The first kappa shape index (κ1) is 17.4. The molecule has 0 aliphatic carbocycles. The zero-order chi connectivity index (χ0) is 18.3. The molecule has 136 valence electrons. The maximum absolute atomic E-state index is 6.09. The maximum Gasteiger partial charge on any atom is 0.144 e. The number of ether oxygens (including phenoxy) is 1. The summed E-state index contributed by atoms with van der Waals surface area (Å²) in [5.74, 6) is 0.921. The standard InChI is InChI=1S/C24H24N2O/c1-3-9-20(10-4-1)18-26(19-21-11-5-2-6-12-21)15-16-27-24-17-25-23-14-8-7-13-22(23)24/h1-14,17,25H,15-16,18-19H2. The molecule has 0 aliphatic rings. The molecule has 0 atom stereocenters. The van der Waals surface area contributed by atoms with Crippen LogP contribution in [-0.2, 0) is 13.1 Å². The summed E-state index contributed by atoms with van der Waals surface area (Å²) in [5.41, 5.74) is 3.75. The molecule has 0 amide bonds. The number of fused-ring (bicyclic) bond motifs is 1. The lowest BCUT2D eigenvalue weighted by Gasteiger charge is -2.22. The van der Waals surface area contributed by atoms with Crippen molar-refractivity contribution in [1.29, 1.82) is 0 Å². The van der Waals surface area contributed by atoms with Crippen LogP contribution in [0.15, 0.2) is 91.1 Å². The van der Waals surface area contributed by atoms with E-state index in [-0.39, 0.29) is 0 Å². The van der Waals surface area contributed by atoms with Crippen LogP contribution in [0.25, 0.3) is 10.9 Å². The van der Waals surface area contributed by atoms with Crippen LogP contribution in [0.5, 0.6) is 5.75 Å². The van der Waals surface area contributed by atoms with E-state index in [1.54, 1.807) is 0 Å². The van der Waals surface area contributed by atoms with Crippen LogP contribution < -0.4 is 4.74 Å². The van der Waals surface area contributed by atoms with Crippen molar-refractivity contribution in [2.75, 3.05) is 13.2 Å². The van der Waals surface area contributed by atoms with Gasteiger partial charge in [0.25, 0.3) is 0 Å². The van der Waals surface area contributed by atoms with Crippen molar-refractivity contribution in [1.82, 2.24) is 9.88 Å². The van der Waals surface area contributed by atoms with E-state index in [0.29, 0.717) is 6.61 Å². The Bertz CT molecular complexity index is 922. The number of nitrogens with zero attached hydrogens (tertiary/aromatic N) is 1. The second-order valence-electron chi connectivity index (χ2n) is 6.73. The molecule has 0 saturated heterocycles. The Labute approximate surface area is 160 Å². The van der Waals surface area contributed by atoms with Crippen molar-refractivity contribution < 1.29 is 4.74 Å². The summed E-state index contributed by atoms with van der Waals surface area (Å²) in [6.07, 6.45) is 1.95.